The average Bonchev–Trinajstić information content (AvgIpc) is 2.57. The van der Waals surface area contributed by atoms with Crippen LogP contribution >= 0.6 is 0 Å². The van der Waals surface area contributed by atoms with Crippen molar-refractivity contribution >= 4 is 9.84 Å². The number of nitrogens with one attached hydrogen (secondary N) is 1. The second-order valence-electron chi connectivity index (χ2n) is 4.49. The molecule has 1 unspecified atom stereocenters. The molecule has 0 saturated carbocycles. The van der Waals surface area contributed by atoms with Gasteiger partial charge in [0.2, 0.25) is 0 Å². The summed E-state index contributed by atoms with van der Waals surface area (Å²) in [5.41, 5.74) is 0. The highest BCUT2D eigenvalue weighted by molar-refractivity contribution is 7.94. The van der Waals surface area contributed by atoms with Crippen molar-refractivity contribution in [2.24, 2.45) is 0 Å². The molecule has 0 aliphatic carbocycles. The highest BCUT2D eigenvalue weighted by atomic mass is 32.2. The average molecular weight is 245 g/mol. The third kappa shape index (κ3) is 5.66. The van der Waals surface area contributed by atoms with Crippen LogP contribution in [-0.4, -0.2) is 26.8 Å². The second-order valence-corrected chi connectivity index (χ2v) is 6.42. The molecule has 0 radical (unpaired) electrons. The standard InChI is InChI=1S/C12H23NO2S/c1-2-3-4-5-6-7-9-13-12-8-10-16(14,15)11-12/h8,10,12-13H,2-7,9,11H2,1H3. The Morgan fingerprint density at radius 3 is 2.50 bits per heavy atom. The van der Waals surface area contributed by atoms with Crippen molar-refractivity contribution < 1.29 is 8.42 Å². The lowest BCUT2D eigenvalue weighted by Crippen LogP contribution is -2.30. The van der Waals surface area contributed by atoms with E-state index in [2.05, 4.69) is 12.2 Å². The van der Waals surface area contributed by atoms with E-state index in [1.807, 2.05) is 0 Å². The van der Waals surface area contributed by atoms with Gasteiger partial charge in [-0.1, -0.05) is 45.1 Å². The Hall–Kier alpha value is -0.350. The van der Waals surface area contributed by atoms with Crippen molar-refractivity contribution in [2.45, 2.75) is 51.5 Å². The molecule has 1 N–H and O–H groups in total. The topological polar surface area (TPSA) is 46.2 Å². The molecule has 1 aliphatic heterocycles. The lowest BCUT2D eigenvalue weighted by Gasteiger charge is -2.09. The van der Waals surface area contributed by atoms with Crippen LogP contribution in [0.4, 0.5) is 0 Å². The summed E-state index contributed by atoms with van der Waals surface area (Å²) in [6, 6.07) is 0.0423. The minimum atomic E-state index is -2.89. The first-order valence-electron chi connectivity index (χ1n) is 6.28. The van der Waals surface area contributed by atoms with Gasteiger partial charge in [0.15, 0.2) is 9.84 Å². The van der Waals surface area contributed by atoms with Gasteiger partial charge < -0.3 is 5.32 Å². The van der Waals surface area contributed by atoms with E-state index in [0.717, 1.165) is 13.0 Å². The minimum absolute atomic E-state index is 0.0423. The fourth-order valence-corrected chi connectivity index (χ4v) is 3.17. The van der Waals surface area contributed by atoms with Crippen LogP contribution < -0.4 is 5.32 Å². The third-order valence-electron chi connectivity index (χ3n) is 2.87. The Morgan fingerprint density at radius 1 is 1.19 bits per heavy atom. The third-order valence-corrected chi connectivity index (χ3v) is 4.26. The van der Waals surface area contributed by atoms with Crippen molar-refractivity contribution in [3.05, 3.63) is 11.5 Å². The Morgan fingerprint density at radius 2 is 1.88 bits per heavy atom. The molecule has 0 aromatic heterocycles. The summed E-state index contributed by atoms with van der Waals surface area (Å²) in [5, 5.41) is 4.59. The zero-order valence-corrected chi connectivity index (χ0v) is 10.9. The van der Waals surface area contributed by atoms with Gasteiger partial charge in [0.05, 0.1) is 5.75 Å². The molecule has 1 aliphatic rings. The number of hydrogen-bond donors (Lipinski definition) is 1. The van der Waals surface area contributed by atoms with Crippen LogP contribution in [0.2, 0.25) is 0 Å². The molecule has 3 nitrogen and oxygen atoms in total. The zero-order chi connectivity index (χ0) is 11.9. The molecule has 0 spiro atoms. The van der Waals surface area contributed by atoms with Crippen LogP contribution in [0.3, 0.4) is 0 Å². The largest absolute Gasteiger partial charge is 0.310 e. The van der Waals surface area contributed by atoms with Gasteiger partial charge in [-0.25, -0.2) is 8.42 Å². The van der Waals surface area contributed by atoms with Gasteiger partial charge in [-0.15, -0.1) is 0 Å². The molecule has 1 rings (SSSR count). The highest BCUT2D eigenvalue weighted by Crippen LogP contribution is 2.08. The van der Waals surface area contributed by atoms with E-state index in [1.165, 1.54) is 37.5 Å². The fourth-order valence-electron chi connectivity index (χ4n) is 1.90. The summed E-state index contributed by atoms with van der Waals surface area (Å²) in [6.45, 7) is 3.14. The smallest absolute Gasteiger partial charge is 0.173 e. The van der Waals surface area contributed by atoms with Crippen molar-refractivity contribution in [3.8, 4) is 0 Å². The van der Waals surface area contributed by atoms with E-state index in [4.69, 9.17) is 0 Å². The van der Waals surface area contributed by atoms with E-state index < -0.39 is 9.84 Å². The van der Waals surface area contributed by atoms with Gasteiger partial charge in [-0.05, 0) is 13.0 Å². The van der Waals surface area contributed by atoms with Crippen molar-refractivity contribution in [3.63, 3.8) is 0 Å². The molecule has 1 heterocycles. The monoisotopic (exact) mass is 245 g/mol. The normalized spacial score (nSPS) is 22.7. The molecule has 1 atom stereocenters. The molecule has 0 bridgehead atoms. The summed E-state index contributed by atoms with van der Waals surface area (Å²) in [5.74, 6) is 0.239. The fraction of sp³-hybridized carbons (Fsp3) is 0.833. The first kappa shape index (κ1) is 13.7. The highest BCUT2D eigenvalue weighted by Gasteiger charge is 2.20. The Balaban J connectivity index is 1.95. The number of rotatable bonds is 8. The minimum Gasteiger partial charge on any atom is -0.310 e. The molecule has 0 amide bonds. The molecule has 16 heavy (non-hydrogen) atoms. The summed E-state index contributed by atoms with van der Waals surface area (Å²) >= 11 is 0. The van der Waals surface area contributed by atoms with Crippen molar-refractivity contribution in [1.29, 1.82) is 0 Å². The lowest BCUT2D eigenvalue weighted by molar-refractivity contribution is 0.552. The zero-order valence-electron chi connectivity index (χ0n) is 10.1. The first-order valence-corrected chi connectivity index (χ1v) is 8.00. The Bertz CT molecular complexity index is 309. The Labute approximate surface area is 99.2 Å². The van der Waals surface area contributed by atoms with Gasteiger partial charge in [-0.3, -0.25) is 0 Å². The maximum absolute atomic E-state index is 11.1. The number of hydrogen-bond acceptors (Lipinski definition) is 3. The van der Waals surface area contributed by atoms with Gasteiger partial charge >= 0.3 is 0 Å². The summed E-state index contributed by atoms with van der Waals surface area (Å²) < 4.78 is 22.2. The van der Waals surface area contributed by atoms with E-state index in [-0.39, 0.29) is 11.8 Å². The van der Waals surface area contributed by atoms with Crippen LogP contribution in [0.25, 0.3) is 0 Å². The van der Waals surface area contributed by atoms with Crippen molar-refractivity contribution in [1.82, 2.24) is 5.32 Å². The molecule has 0 fully saturated rings. The summed E-state index contributed by atoms with van der Waals surface area (Å²) in [7, 11) is -2.89. The number of unbranched alkanes of at least 4 members (excludes halogenated alkanes) is 5. The quantitative estimate of drug-likeness (QED) is 0.667. The SMILES string of the molecule is CCCCCCCCNC1C=CS(=O)(=O)C1. The van der Waals surface area contributed by atoms with Crippen LogP contribution in [0, 0.1) is 0 Å². The van der Waals surface area contributed by atoms with Gasteiger partial charge in [-0.2, -0.15) is 0 Å². The van der Waals surface area contributed by atoms with Crippen molar-refractivity contribution in [2.75, 3.05) is 12.3 Å². The van der Waals surface area contributed by atoms with Gasteiger partial charge in [0.1, 0.15) is 0 Å². The molecular formula is C12H23NO2S. The van der Waals surface area contributed by atoms with Crippen LogP contribution in [0.5, 0.6) is 0 Å². The van der Waals surface area contributed by atoms with Crippen LogP contribution in [0.1, 0.15) is 45.4 Å². The molecular weight excluding hydrogens is 222 g/mol. The van der Waals surface area contributed by atoms with Gasteiger partial charge in [0.25, 0.3) is 0 Å². The Kier molecular flexibility index (Phi) is 6.06. The van der Waals surface area contributed by atoms with Crippen LogP contribution in [-0.2, 0) is 9.84 Å². The predicted octanol–water partition coefficient (Wildman–Crippen LogP) is 2.25. The van der Waals surface area contributed by atoms with Gasteiger partial charge in [0, 0.05) is 11.4 Å². The van der Waals surface area contributed by atoms with E-state index in [0.29, 0.717) is 0 Å². The van der Waals surface area contributed by atoms with E-state index in [9.17, 15) is 8.42 Å². The maximum Gasteiger partial charge on any atom is 0.173 e. The lowest BCUT2D eigenvalue weighted by atomic mass is 10.1. The maximum atomic E-state index is 11.1. The summed E-state index contributed by atoms with van der Waals surface area (Å²) in [6.07, 6.45) is 9.39. The molecule has 0 aromatic carbocycles. The van der Waals surface area contributed by atoms with E-state index >= 15 is 0 Å². The molecule has 0 saturated heterocycles. The molecule has 94 valence electrons. The van der Waals surface area contributed by atoms with Crippen LogP contribution in [0.15, 0.2) is 11.5 Å². The second kappa shape index (κ2) is 7.07. The van der Waals surface area contributed by atoms with E-state index in [1.54, 1.807) is 6.08 Å². The predicted molar refractivity (Wildman–Crippen MR) is 68.1 cm³/mol. The summed E-state index contributed by atoms with van der Waals surface area (Å²) in [4.78, 5) is 0. The first-order chi connectivity index (χ1) is 7.64. The molecule has 0 aromatic rings. The molecule has 4 heteroatoms. The number of sulfone groups is 1.